The number of amides is 1. The molecule has 0 bridgehead atoms. The van der Waals surface area contributed by atoms with Crippen LogP contribution < -0.4 is 5.32 Å². The highest BCUT2D eigenvalue weighted by atomic mass is 35.5. The van der Waals surface area contributed by atoms with Crippen molar-refractivity contribution in [2.45, 2.75) is 33.9 Å². The molecule has 0 saturated carbocycles. The minimum Gasteiger partial charge on any atom is -0.444 e. The second kappa shape index (κ2) is 8.45. The molecule has 0 aliphatic rings. The lowest BCUT2D eigenvalue weighted by molar-refractivity contribution is 0.156. The van der Waals surface area contributed by atoms with Gasteiger partial charge in [0.2, 0.25) is 0 Å². The fourth-order valence-electron chi connectivity index (χ4n) is 3.15. The van der Waals surface area contributed by atoms with Crippen molar-refractivity contribution in [1.29, 1.82) is 0 Å². The van der Waals surface area contributed by atoms with Gasteiger partial charge in [0.05, 0.1) is 16.1 Å². The summed E-state index contributed by atoms with van der Waals surface area (Å²) in [5.74, 6) is 0. The third-order valence-electron chi connectivity index (χ3n) is 4.77. The number of anilines is 1. The van der Waals surface area contributed by atoms with Crippen LogP contribution in [0.15, 0.2) is 42.6 Å². The topological polar surface area (TPSA) is 69.0 Å². The van der Waals surface area contributed by atoms with E-state index in [0.29, 0.717) is 10.7 Å². The van der Waals surface area contributed by atoms with Gasteiger partial charge in [-0.15, -0.1) is 11.3 Å². The summed E-state index contributed by atoms with van der Waals surface area (Å²) in [4.78, 5) is 17.8. The number of aromatic nitrogens is 3. The average molecular weight is 441 g/mol. The van der Waals surface area contributed by atoms with Crippen LogP contribution in [0.2, 0.25) is 5.02 Å². The number of carbonyl (C=O) groups is 1. The molecule has 8 heteroatoms. The van der Waals surface area contributed by atoms with Crippen LogP contribution >= 0.6 is 22.9 Å². The van der Waals surface area contributed by atoms with Crippen molar-refractivity contribution < 1.29 is 9.53 Å². The maximum absolute atomic E-state index is 12.3. The molecule has 1 N–H and O–H groups in total. The van der Waals surface area contributed by atoms with Gasteiger partial charge in [-0.25, -0.2) is 9.78 Å². The van der Waals surface area contributed by atoms with Crippen LogP contribution in [-0.2, 0) is 17.9 Å². The van der Waals surface area contributed by atoms with Gasteiger partial charge in [0.15, 0.2) is 0 Å². The summed E-state index contributed by atoms with van der Waals surface area (Å²) in [7, 11) is 0. The van der Waals surface area contributed by atoms with Crippen LogP contribution in [0.5, 0.6) is 0 Å². The fourth-order valence-corrected chi connectivity index (χ4v) is 4.44. The van der Waals surface area contributed by atoms with Gasteiger partial charge in [-0.05, 0) is 56.7 Å². The molecule has 0 atom stereocenters. The lowest BCUT2D eigenvalue weighted by Gasteiger charge is -2.06. The first-order valence-corrected chi connectivity index (χ1v) is 10.8. The Morgan fingerprint density at radius 2 is 2.07 bits per heavy atom. The van der Waals surface area contributed by atoms with Gasteiger partial charge in [-0.3, -0.25) is 10.00 Å². The highest BCUT2D eigenvalue weighted by molar-refractivity contribution is 7.15. The number of hydrogen-bond acceptors (Lipinski definition) is 5. The molecule has 6 nitrogen and oxygen atoms in total. The Balaban J connectivity index is 1.42. The number of thiazole rings is 1. The normalized spacial score (nSPS) is 11.1. The Morgan fingerprint density at radius 3 is 2.83 bits per heavy atom. The van der Waals surface area contributed by atoms with Crippen LogP contribution in [-0.4, -0.2) is 20.9 Å². The van der Waals surface area contributed by atoms with Crippen molar-refractivity contribution in [1.82, 2.24) is 14.8 Å². The largest absolute Gasteiger partial charge is 0.444 e. The number of hydrogen-bond donors (Lipinski definition) is 1. The molecule has 1 amide bonds. The van der Waals surface area contributed by atoms with Crippen molar-refractivity contribution in [2.24, 2.45) is 0 Å². The zero-order valence-corrected chi connectivity index (χ0v) is 18.5. The van der Waals surface area contributed by atoms with E-state index in [1.807, 2.05) is 68.0 Å². The Bertz CT molecular complexity index is 1230. The summed E-state index contributed by atoms with van der Waals surface area (Å²) in [6.07, 6.45) is 1.45. The van der Waals surface area contributed by atoms with Gasteiger partial charge in [0.25, 0.3) is 0 Å². The summed E-state index contributed by atoms with van der Waals surface area (Å²) in [5.41, 5.74) is 4.50. The summed E-state index contributed by atoms with van der Waals surface area (Å²) in [6.45, 7) is 6.91. The summed E-state index contributed by atoms with van der Waals surface area (Å²) < 4.78 is 7.29. The van der Waals surface area contributed by atoms with Gasteiger partial charge in [-0.2, -0.15) is 5.10 Å². The minimum atomic E-state index is -0.505. The summed E-state index contributed by atoms with van der Waals surface area (Å²) >= 11 is 7.56. The first-order chi connectivity index (χ1) is 14.4. The van der Waals surface area contributed by atoms with E-state index in [9.17, 15) is 4.79 Å². The Hall–Kier alpha value is -2.90. The van der Waals surface area contributed by atoms with Crippen LogP contribution in [0.1, 0.15) is 23.1 Å². The predicted molar refractivity (Wildman–Crippen MR) is 121 cm³/mol. The molecule has 4 rings (SSSR count). The Kier molecular flexibility index (Phi) is 5.74. The van der Waals surface area contributed by atoms with E-state index in [4.69, 9.17) is 16.3 Å². The predicted octanol–water partition coefficient (Wildman–Crippen LogP) is 6.20. The van der Waals surface area contributed by atoms with E-state index in [1.54, 1.807) is 0 Å². The lowest BCUT2D eigenvalue weighted by atomic mass is 10.1. The zero-order chi connectivity index (χ0) is 21.3. The zero-order valence-electron chi connectivity index (χ0n) is 16.9. The maximum Gasteiger partial charge on any atom is 0.411 e. The minimum absolute atomic E-state index is 0.165. The van der Waals surface area contributed by atoms with Crippen LogP contribution in [0.4, 0.5) is 10.5 Å². The Morgan fingerprint density at radius 1 is 1.23 bits per heavy atom. The molecule has 0 unspecified atom stereocenters. The molecule has 30 heavy (non-hydrogen) atoms. The second-order valence-electron chi connectivity index (χ2n) is 6.95. The van der Waals surface area contributed by atoms with Gasteiger partial charge < -0.3 is 4.74 Å². The number of halogens is 1. The highest BCUT2D eigenvalue weighted by Gasteiger charge is 2.14. The molecule has 4 aromatic rings. The maximum atomic E-state index is 12.3. The third-order valence-corrected chi connectivity index (χ3v) is 6.17. The van der Waals surface area contributed by atoms with Crippen molar-refractivity contribution in [2.75, 3.05) is 5.32 Å². The fraction of sp³-hybridized carbons (Fsp3) is 0.227. The number of aryl methyl sites for hydroxylation is 3. The quantitative estimate of drug-likeness (QED) is 0.401. The molecule has 2 heterocycles. The van der Waals surface area contributed by atoms with E-state index in [0.717, 1.165) is 44.2 Å². The molecule has 0 radical (unpaired) electrons. The summed E-state index contributed by atoms with van der Waals surface area (Å²) in [5, 5.41) is 9.77. The molecule has 154 valence electrons. The molecule has 0 aliphatic heterocycles. The molecule has 2 aromatic carbocycles. The lowest BCUT2D eigenvalue weighted by Crippen LogP contribution is -2.13. The number of benzene rings is 2. The smallest absolute Gasteiger partial charge is 0.411 e. The van der Waals surface area contributed by atoms with Crippen LogP contribution in [0.25, 0.3) is 21.5 Å². The Labute approximate surface area is 183 Å². The second-order valence-corrected chi connectivity index (χ2v) is 8.47. The third kappa shape index (κ3) is 4.32. The number of ether oxygens (including phenoxy) is 1. The average Bonchev–Trinajstić information content (AvgIpc) is 3.29. The highest BCUT2D eigenvalue weighted by Crippen LogP contribution is 2.32. The van der Waals surface area contributed by atoms with Crippen molar-refractivity contribution in [3.63, 3.8) is 0 Å². The molecular formula is C22H21ClN4O2S. The number of fused-ring (bicyclic) bond motifs is 1. The molecule has 0 fully saturated rings. The first kappa shape index (κ1) is 20.4. The molecule has 0 aliphatic carbocycles. The van der Waals surface area contributed by atoms with Gasteiger partial charge in [-0.1, -0.05) is 17.7 Å². The molecule has 0 saturated heterocycles. The van der Waals surface area contributed by atoms with Crippen LogP contribution in [0, 0.1) is 13.8 Å². The number of nitrogens with one attached hydrogen (secondary N) is 1. The van der Waals surface area contributed by atoms with Gasteiger partial charge in [0.1, 0.15) is 11.6 Å². The van der Waals surface area contributed by atoms with Gasteiger partial charge in [0, 0.05) is 34.4 Å². The van der Waals surface area contributed by atoms with Crippen molar-refractivity contribution >= 4 is 45.6 Å². The number of nitrogens with zero attached hydrogens (tertiary/aromatic N) is 3. The molecular weight excluding hydrogens is 420 g/mol. The molecule has 0 spiro atoms. The molecule has 2 aromatic heterocycles. The van der Waals surface area contributed by atoms with E-state index in [-0.39, 0.29) is 6.61 Å². The van der Waals surface area contributed by atoms with Crippen LogP contribution in [0.3, 0.4) is 0 Å². The standard InChI is InChI=1S/C22H21ClN4O2S/c1-4-27-11-15-10-17(6-8-19(15)26-27)25-22(28)29-12-20-14(3)24-21(30-20)18-7-5-16(23)9-13(18)2/h5-11H,4,12H2,1-3H3,(H,25,28). The van der Waals surface area contributed by atoms with E-state index in [2.05, 4.69) is 15.4 Å². The number of rotatable bonds is 5. The summed E-state index contributed by atoms with van der Waals surface area (Å²) in [6, 6.07) is 11.3. The number of carbonyl (C=O) groups excluding carboxylic acids is 1. The first-order valence-electron chi connectivity index (χ1n) is 9.56. The van der Waals surface area contributed by atoms with Crippen molar-refractivity contribution in [3.05, 3.63) is 63.8 Å². The van der Waals surface area contributed by atoms with Crippen molar-refractivity contribution in [3.8, 4) is 10.6 Å². The van der Waals surface area contributed by atoms with E-state index in [1.165, 1.54) is 11.3 Å². The monoisotopic (exact) mass is 440 g/mol. The van der Waals surface area contributed by atoms with Gasteiger partial charge >= 0.3 is 6.09 Å². The van der Waals surface area contributed by atoms with E-state index < -0.39 is 6.09 Å². The SMILES string of the molecule is CCn1cc2cc(NC(=O)OCc3sc(-c4ccc(Cl)cc4C)nc3C)ccc2n1. The van der Waals surface area contributed by atoms with E-state index >= 15 is 0 Å².